The summed E-state index contributed by atoms with van der Waals surface area (Å²) in [6, 6.07) is 4.75. The zero-order valence-corrected chi connectivity index (χ0v) is 8.14. The van der Waals surface area contributed by atoms with Crippen LogP contribution in [-0.2, 0) is 0 Å². The van der Waals surface area contributed by atoms with Crippen LogP contribution in [-0.4, -0.2) is 37.5 Å². The highest BCUT2D eigenvalue weighted by atomic mass is 16.4. The maximum Gasteiger partial charge on any atom is 0.488 e. The topological polar surface area (TPSA) is 60.8 Å². The molecule has 74 valence electrons. The average molecular weight is 193 g/mol. The number of hydrogen-bond acceptors (Lipinski definition) is 4. The monoisotopic (exact) mass is 193 g/mol. The van der Waals surface area contributed by atoms with E-state index in [9.17, 15) is 4.79 Å². The van der Waals surface area contributed by atoms with Crippen LogP contribution in [0.25, 0.3) is 0 Å². The van der Waals surface area contributed by atoms with Crippen molar-refractivity contribution in [3.05, 3.63) is 23.8 Å². The number of hydrogen-bond donors (Lipinski definition) is 2. The molecule has 1 aromatic carbocycles. The van der Waals surface area contributed by atoms with Gasteiger partial charge in [0.15, 0.2) is 0 Å². The van der Waals surface area contributed by atoms with E-state index in [1.54, 1.807) is 17.0 Å². The molecule has 0 radical (unpaired) electrons. The Hall–Kier alpha value is -1.33. The average Bonchev–Trinajstić information content (AvgIpc) is 2.16. The zero-order valence-electron chi connectivity index (χ0n) is 8.14. The van der Waals surface area contributed by atoms with Crippen LogP contribution >= 0.6 is 0 Å². The second kappa shape index (κ2) is 4.26. The Morgan fingerprint density at radius 2 is 1.93 bits per heavy atom. The van der Waals surface area contributed by atoms with E-state index in [4.69, 9.17) is 10.0 Å². The van der Waals surface area contributed by atoms with Crippen molar-refractivity contribution < 1.29 is 14.8 Å². The van der Waals surface area contributed by atoms with Crippen LogP contribution in [0.2, 0.25) is 0 Å². The number of carbonyl (C=O) groups excluding carboxylic acids is 1. The fraction of sp³-hybridized carbons (Fsp3) is 0.222. The van der Waals surface area contributed by atoms with Gasteiger partial charge in [-0.1, -0.05) is 6.07 Å². The maximum absolute atomic E-state index is 10.6. The van der Waals surface area contributed by atoms with Gasteiger partial charge in [0.25, 0.3) is 0 Å². The first-order valence-corrected chi connectivity index (χ1v) is 4.18. The van der Waals surface area contributed by atoms with Gasteiger partial charge in [0.1, 0.15) is 6.29 Å². The van der Waals surface area contributed by atoms with E-state index < -0.39 is 7.12 Å². The molecule has 2 N–H and O–H groups in total. The van der Waals surface area contributed by atoms with E-state index in [0.29, 0.717) is 17.3 Å². The van der Waals surface area contributed by atoms with Gasteiger partial charge in [0, 0.05) is 25.3 Å². The summed E-state index contributed by atoms with van der Waals surface area (Å²) in [6.07, 6.45) is 0.679. The third-order valence-electron chi connectivity index (χ3n) is 1.91. The molecule has 0 heterocycles. The SMILES string of the molecule is CN(C)c1cc(C=O)cc(B(O)O)c1. The molecule has 0 aliphatic heterocycles. The molecule has 0 aromatic heterocycles. The predicted molar refractivity (Wildman–Crippen MR) is 56.0 cm³/mol. The largest absolute Gasteiger partial charge is 0.488 e. The molecule has 0 fully saturated rings. The first kappa shape index (κ1) is 10.8. The Balaban J connectivity index is 3.20. The van der Waals surface area contributed by atoms with Crippen molar-refractivity contribution in [1.29, 1.82) is 0 Å². The lowest BCUT2D eigenvalue weighted by Gasteiger charge is -2.14. The minimum atomic E-state index is -1.55. The summed E-state index contributed by atoms with van der Waals surface area (Å²) < 4.78 is 0. The smallest absolute Gasteiger partial charge is 0.423 e. The fourth-order valence-electron chi connectivity index (χ4n) is 1.13. The second-order valence-electron chi connectivity index (χ2n) is 3.24. The minimum Gasteiger partial charge on any atom is -0.423 e. The van der Waals surface area contributed by atoms with Crippen LogP contribution in [0.4, 0.5) is 5.69 Å². The lowest BCUT2D eigenvalue weighted by atomic mass is 9.79. The molecule has 0 unspecified atom stereocenters. The van der Waals surface area contributed by atoms with Gasteiger partial charge in [0.05, 0.1) is 0 Å². The molecule has 0 bridgehead atoms. The summed E-state index contributed by atoms with van der Waals surface area (Å²) in [5, 5.41) is 17.9. The van der Waals surface area contributed by atoms with E-state index in [2.05, 4.69) is 0 Å². The molecule has 1 rings (SSSR count). The zero-order chi connectivity index (χ0) is 10.7. The fourth-order valence-corrected chi connectivity index (χ4v) is 1.13. The lowest BCUT2D eigenvalue weighted by Crippen LogP contribution is -2.31. The van der Waals surface area contributed by atoms with Gasteiger partial charge in [-0.05, 0) is 17.6 Å². The first-order valence-electron chi connectivity index (χ1n) is 4.18. The number of carbonyl (C=O) groups is 1. The molecule has 0 saturated heterocycles. The Morgan fingerprint density at radius 3 is 2.36 bits per heavy atom. The number of nitrogens with zero attached hydrogens (tertiary/aromatic N) is 1. The lowest BCUT2D eigenvalue weighted by molar-refractivity contribution is 0.112. The van der Waals surface area contributed by atoms with Crippen molar-refractivity contribution in [1.82, 2.24) is 0 Å². The van der Waals surface area contributed by atoms with Crippen molar-refractivity contribution in [3.8, 4) is 0 Å². The second-order valence-corrected chi connectivity index (χ2v) is 3.24. The molecule has 0 spiro atoms. The van der Waals surface area contributed by atoms with Crippen molar-refractivity contribution >= 4 is 24.6 Å². The molecular formula is C9H12BNO3. The summed E-state index contributed by atoms with van der Waals surface area (Å²) in [5.41, 5.74) is 1.51. The standard InChI is InChI=1S/C9H12BNO3/c1-11(2)9-4-7(6-12)3-8(5-9)10(13)14/h3-6,13-14H,1-2H3. The van der Waals surface area contributed by atoms with Crippen molar-refractivity contribution in [2.45, 2.75) is 0 Å². The third kappa shape index (κ3) is 2.34. The highest BCUT2D eigenvalue weighted by Crippen LogP contribution is 2.10. The summed E-state index contributed by atoms with van der Waals surface area (Å²) in [5.74, 6) is 0. The highest BCUT2D eigenvalue weighted by molar-refractivity contribution is 6.58. The van der Waals surface area contributed by atoms with E-state index in [1.165, 1.54) is 6.07 Å². The first-order chi connectivity index (χ1) is 6.54. The van der Waals surface area contributed by atoms with Crippen molar-refractivity contribution in [3.63, 3.8) is 0 Å². The van der Waals surface area contributed by atoms with Crippen molar-refractivity contribution in [2.24, 2.45) is 0 Å². The Kier molecular flexibility index (Phi) is 3.27. The normalized spacial score (nSPS) is 9.71. The molecule has 0 atom stereocenters. The molecule has 14 heavy (non-hydrogen) atoms. The number of anilines is 1. The number of rotatable bonds is 3. The summed E-state index contributed by atoms with van der Waals surface area (Å²) in [6.45, 7) is 0. The van der Waals surface area contributed by atoms with E-state index in [-0.39, 0.29) is 0 Å². The molecule has 5 heteroatoms. The Bertz CT molecular complexity index is 313. The molecule has 4 nitrogen and oxygen atoms in total. The van der Waals surface area contributed by atoms with Crippen LogP contribution in [0.15, 0.2) is 18.2 Å². The quantitative estimate of drug-likeness (QED) is 0.489. The van der Waals surface area contributed by atoms with E-state index >= 15 is 0 Å². The van der Waals surface area contributed by atoms with Gasteiger partial charge in [-0.3, -0.25) is 4.79 Å². The highest BCUT2D eigenvalue weighted by Gasteiger charge is 2.13. The minimum absolute atomic E-state index is 0.318. The molecule has 0 amide bonds. The third-order valence-corrected chi connectivity index (χ3v) is 1.91. The van der Waals surface area contributed by atoms with Gasteiger partial charge in [-0.15, -0.1) is 0 Å². The summed E-state index contributed by atoms with van der Waals surface area (Å²) in [4.78, 5) is 12.4. The maximum atomic E-state index is 10.6. The van der Waals surface area contributed by atoms with E-state index in [0.717, 1.165) is 5.69 Å². The van der Waals surface area contributed by atoms with Gasteiger partial charge >= 0.3 is 7.12 Å². The molecule has 1 aromatic rings. The predicted octanol–water partition coefficient (Wildman–Crippen LogP) is -0.755. The van der Waals surface area contributed by atoms with Crippen LogP contribution in [0.5, 0.6) is 0 Å². The Labute approximate surface area is 82.9 Å². The van der Waals surface area contributed by atoms with Crippen LogP contribution in [0.1, 0.15) is 10.4 Å². The van der Waals surface area contributed by atoms with Crippen LogP contribution in [0, 0.1) is 0 Å². The Morgan fingerprint density at radius 1 is 1.29 bits per heavy atom. The van der Waals surface area contributed by atoms with Gasteiger partial charge in [-0.2, -0.15) is 0 Å². The van der Waals surface area contributed by atoms with Gasteiger partial charge in [-0.25, -0.2) is 0 Å². The summed E-state index contributed by atoms with van der Waals surface area (Å²) >= 11 is 0. The summed E-state index contributed by atoms with van der Waals surface area (Å²) in [7, 11) is 2.09. The molecular weight excluding hydrogens is 181 g/mol. The molecule has 0 saturated carbocycles. The van der Waals surface area contributed by atoms with Crippen LogP contribution < -0.4 is 10.4 Å². The molecule has 0 aliphatic carbocycles. The van der Waals surface area contributed by atoms with Gasteiger partial charge < -0.3 is 14.9 Å². The number of aldehydes is 1. The molecule has 0 aliphatic rings. The number of benzene rings is 1. The van der Waals surface area contributed by atoms with E-state index in [1.807, 2.05) is 14.1 Å². The van der Waals surface area contributed by atoms with Gasteiger partial charge in [0.2, 0.25) is 0 Å². The van der Waals surface area contributed by atoms with Crippen LogP contribution in [0.3, 0.4) is 0 Å². The van der Waals surface area contributed by atoms with Crippen molar-refractivity contribution in [2.75, 3.05) is 19.0 Å².